The van der Waals surface area contributed by atoms with E-state index in [9.17, 15) is 4.79 Å². The minimum atomic E-state index is -0.875. The van der Waals surface area contributed by atoms with E-state index in [4.69, 9.17) is 10.5 Å². The van der Waals surface area contributed by atoms with Gasteiger partial charge < -0.3 is 10.5 Å². The van der Waals surface area contributed by atoms with Gasteiger partial charge in [0.05, 0.1) is 6.61 Å². The van der Waals surface area contributed by atoms with Crippen molar-refractivity contribution in [3.63, 3.8) is 0 Å². The lowest BCUT2D eigenvalue weighted by atomic mass is 9.96. The van der Waals surface area contributed by atoms with E-state index in [1.807, 2.05) is 6.92 Å². The Morgan fingerprint density at radius 1 is 1.47 bits per heavy atom. The van der Waals surface area contributed by atoms with Crippen LogP contribution in [-0.4, -0.2) is 34.1 Å². The van der Waals surface area contributed by atoms with Gasteiger partial charge in [0.1, 0.15) is 10.5 Å². The third kappa shape index (κ3) is 5.88. The molecule has 0 aromatic carbocycles. The Morgan fingerprint density at radius 3 is 2.79 bits per heavy atom. The number of carbonyl (C=O) groups is 1. The molecule has 0 amide bonds. The van der Waals surface area contributed by atoms with E-state index >= 15 is 0 Å². The molecule has 1 aromatic heterocycles. The molecule has 5 nitrogen and oxygen atoms in total. The van der Waals surface area contributed by atoms with Gasteiger partial charge in [-0.1, -0.05) is 29.5 Å². The lowest BCUT2D eigenvalue weighted by Gasteiger charge is -2.21. The Hall–Kier alpha value is -0.660. The summed E-state index contributed by atoms with van der Waals surface area (Å²) in [4.78, 5) is 11.6. The SMILES string of the molecule is CCOC(=O)C(C)(N)CCCCSc1nnc(C)s1. The number of hydrogen-bond donors (Lipinski definition) is 1. The van der Waals surface area contributed by atoms with E-state index in [1.165, 1.54) is 0 Å². The van der Waals surface area contributed by atoms with Gasteiger partial charge in [-0.15, -0.1) is 10.2 Å². The lowest BCUT2D eigenvalue weighted by Crippen LogP contribution is -2.46. The number of aryl methyl sites for hydroxylation is 1. The van der Waals surface area contributed by atoms with Crippen LogP contribution in [0.1, 0.15) is 38.1 Å². The average molecular weight is 303 g/mol. The van der Waals surface area contributed by atoms with E-state index in [1.54, 1.807) is 36.9 Å². The second kappa shape index (κ2) is 7.81. The first kappa shape index (κ1) is 16.4. The number of esters is 1. The van der Waals surface area contributed by atoms with Crippen molar-refractivity contribution in [1.29, 1.82) is 0 Å². The average Bonchev–Trinajstić information content (AvgIpc) is 2.75. The molecule has 0 fully saturated rings. The Balaban J connectivity index is 2.18. The molecule has 108 valence electrons. The molecule has 1 rings (SSSR count). The topological polar surface area (TPSA) is 78.1 Å². The van der Waals surface area contributed by atoms with Crippen molar-refractivity contribution in [2.24, 2.45) is 5.73 Å². The fourth-order valence-electron chi connectivity index (χ4n) is 1.49. The Morgan fingerprint density at radius 2 is 2.21 bits per heavy atom. The summed E-state index contributed by atoms with van der Waals surface area (Å²) in [5.74, 6) is 0.649. The van der Waals surface area contributed by atoms with Crippen LogP contribution in [0, 0.1) is 6.92 Å². The number of unbranched alkanes of at least 4 members (excludes halogenated alkanes) is 1. The largest absolute Gasteiger partial charge is 0.465 e. The van der Waals surface area contributed by atoms with Crippen LogP contribution < -0.4 is 5.73 Å². The zero-order chi connectivity index (χ0) is 14.3. The minimum Gasteiger partial charge on any atom is -0.465 e. The fraction of sp³-hybridized carbons (Fsp3) is 0.750. The Labute approximate surface area is 122 Å². The number of aromatic nitrogens is 2. The molecule has 1 aromatic rings. The van der Waals surface area contributed by atoms with Crippen molar-refractivity contribution < 1.29 is 9.53 Å². The van der Waals surface area contributed by atoms with Gasteiger partial charge >= 0.3 is 5.97 Å². The van der Waals surface area contributed by atoms with Gasteiger partial charge in [-0.05, 0) is 33.6 Å². The van der Waals surface area contributed by atoms with Crippen molar-refractivity contribution in [3.8, 4) is 0 Å². The van der Waals surface area contributed by atoms with Crippen LogP contribution in [0.3, 0.4) is 0 Å². The summed E-state index contributed by atoms with van der Waals surface area (Å²) in [6.07, 6.45) is 2.54. The molecular formula is C12H21N3O2S2. The van der Waals surface area contributed by atoms with E-state index in [0.717, 1.165) is 27.9 Å². The first-order chi connectivity index (χ1) is 8.95. The maximum Gasteiger partial charge on any atom is 0.325 e. The van der Waals surface area contributed by atoms with Crippen LogP contribution >= 0.6 is 23.1 Å². The van der Waals surface area contributed by atoms with Crippen molar-refractivity contribution in [3.05, 3.63) is 5.01 Å². The standard InChI is InChI=1S/C12H21N3O2S2/c1-4-17-10(16)12(3,13)7-5-6-8-18-11-15-14-9(2)19-11/h4-8,13H2,1-3H3. The van der Waals surface area contributed by atoms with Gasteiger partial charge in [0.25, 0.3) is 0 Å². The Kier molecular flexibility index (Phi) is 6.74. The molecule has 0 bridgehead atoms. The van der Waals surface area contributed by atoms with Gasteiger partial charge in [0, 0.05) is 5.75 Å². The van der Waals surface area contributed by atoms with Crippen molar-refractivity contribution in [1.82, 2.24) is 10.2 Å². The first-order valence-corrected chi connectivity index (χ1v) is 8.15. The van der Waals surface area contributed by atoms with Crippen LogP contribution in [0.4, 0.5) is 0 Å². The van der Waals surface area contributed by atoms with E-state index in [0.29, 0.717) is 13.0 Å². The predicted molar refractivity (Wildman–Crippen MR) is 78.4 cm³/mol. The molecule has 2 N–H and O–H groups in total. The van der Waals surface area contributed by atoms with Gasteiger partial charge in [-0.3, -0.25) is 4.79 Å². The zero-order valence-electron chi connectivity index (χ0n) is 11.6. The summed E-state index contributed by atoms with van der Waals surface area (Å²) in [5.41, 5.74) is 5.07. The summed E-state index contributed by atoms with van der Waals surface area (Å²) in [7, 11) is 0. The molecule has 7 heteroatoms. The lowest BCUT2D eigenvalue weighted by molar-refractivity contribution is -0.149. The molecule has 0 aliphatic heterocycles. The van der Waals surface area contributed by atoms with Crippen LogP contribution in [0.15, 0.2) is 4.34 Å². The third-order valence-electron chi connectivity index (χ3n) is 2.57. The van der Waals surface area contributed by atoms with E-state index in [2.05, 4.69) is 10.2 Å². The summed E-state index contributed by atoms with van der Waals surface area (Å²) < 4.78 is 5.95. The molecule has 1 unspecified atom stereocenters. The smallest absolute Gasteiger partial charge is 0.325 e. The van der Waals surface area contributed by atoms with E-state index < -0.39 is 5.54 Å². The molecular weight excluding hydrogens is 282 g/mol. The van der Waals surface area contributed by atoms with Crippen molar-refractivity contribution in [2.75, 3.05) is 12.4 Å². The number of hydrogen-bond acceptors (Lipinski definition) is 7. The maximum atomic E-state index is 11.6. The zero-order valence-corrected chi connectivity index (χ0v) is 13.3. The monoisotopic (exact) mass is 303 g/mol. The summed E-state index contributed by atoms with van der Waals surface area (Å²) in [5, 5.41) is 9.00. The summed E-state index contributed by atoms with van der Waals surface area (Å²) in [6.45, 7) is 5.83. The molecule has 0 saturated carbocycles. The molecule has 0 saturated heterocycles. The minimum absolute atomic E-state index is 0.317. The maximum absolute atomic E-state index is 11.6. The van der Waals surface area contributed by atoms with Crippen LogP contribution in [0.25, 0.3) is 0 Å². The van der Waals surface area contributed by atoms with Crippen molar-refractivity contribution >= 4 is 29.1 Å². The molecule has 0 spiro atoms. The van der Waals surface area contributed by atoms with Crippen LogP contribution in [-0.2, 0) is 9.53 Å². The van der Waals surface area contributed by atoms with Gasteiger partial charge in [0.2, 0.25) is 0 Å². The Bertz CT molecular complexity index is 407. The van der Waals surface area contributed by atoms with Crippen molar-refractivity contribution in [2.45, 2.75) is 49.9 Å². The second-order valence-electron chi connectivity index (χ2n) is 4.53. The number of carbonyl (C=O) groups excluding carboxylic acids is 1. The molecule has 0 aliphatic rings. The number of thioether (sulfide) groups is 1. The highest BCUT2D eigenvalue weighted by atomic mass is 32.2. The van der Waals surface area contributed by atoms with Crippen LogP contribution in [0.5, 0.6) is 0 Å². The molecule has 1 atom stereocenters. The summed E-state index contributed by atoms with van der Waals surface area (Å²) >= 11 is 3.30. The quantitative estimate of drug-likeness (QED) is 0.451. The number of ether oxygens (including phenoxy) is 1. The van der Waals surface area contributed by atoms with Gasteiger partial charge in [0.15, 0.2) is 4.34 Å². The van der Waals surface area contributed by atoms with E-state index in [-0.39, 0.29) is 5.97 Å². The molecule has 19 heavy (non-hydrogen) atoms. The normalized spacial score (nSPS) is 14.1. The van der Waals surface area contributed by atoms with Gasteiger partial charge in [-0.25, -0.2) is 0 Å². The highest BCUT2D eigenvalue weighted by Gasteiger charge is 2.28. The van der Waals surface area contributed by atoms with Gasteiger partial charge in [-0.2, -0.15) is 0 Å². The second-order valence-corrected chi connectivity index (χ2v) is 7.05. The molecule has 0 radical (unpaired) electrons. The predicted octanol–water partition coefficient (Wildman–Crippen LogP) is 2.39. The number of nitrogens with two attached hydrogens (primary N) is 1. The first-order valence-electron chi connectivity index (χ1n) is 6.34. The highest BCUT2D eigenvalue weighted by Crippen LogP contribution is 2.23. The number of nitrogens with zero attached hydrogens (tertiary/aromatic N) is 2. The third-order valence-corrected chi connectivity index (χ3v) is 4.62. The van der Waals surface area contributed by atoms with Crippen LogP contribution in [0.2, 0.25) is 0 Å². The number of rotatable bonds is 8. The molecule has 0 aliphatic carbocycles. The summed E-state index contributed by atoms with van der Waals surface area (Å²) in [6, 6.07) is 0. The molecule has 1 heterocycles. The fourth-order valence-corrected chi connectivity index (χ4v) is 3.37. The highest BCUT2D eigenvalue weighted by molar-refractivity contribution is 8.01.